The van der Waals surface area contributed by atoms with Gasteiger partial charge >= 0.3 is 0 Å². The number of nitrogens with two attached hydrogens (primary N) is 1. The Labute approximate surface area is 128 Å². The number of halogens is 3. The van der Waals surface area contributed by atoms with Gasteiger partial charge in [-0.2, -0.15) is 0 Å². The Morgan fingerprint density at radius 2 is 1.90 bits per heavy atom. The van der Waals surface area contributed by atoms with Crippen molar-refractivity contribution in [2.45, 2.75) is 46.6 Å². The molecule has 0 aliphatic heterocycles. The van der Waals surface area contributed by atoms with Gasteiger partial charge in [-0.3, -0.25) is 11.3 Å². The summed E-state index contributed by atoms with van der Waals surface area (Å²) in [4.78, 5) is 0. The lowest BCUT2D eigenvalue weighted by atomic mass is 9.82. The highest BCUT2D eigenvalue weighted by Crippen LogP contribution is 2.33. The summed E-state index contributed by atoms with van der Waals surface area (Å²) in [5.74, 6) is 4.65. The second-order valence-corrected chi connectivity index (χ2v) is 7.44. The lowest BCUT2D eigenvalue weighted by Gasteiger charge is -2.27. The molecule has 1 rings (SSSR count). The Morgan fingerprint density at radius 3 is 2.40 bits per heavy atom. The summed E-state index contributed by atoms with van der Waals surface area (Å²) in [6.07, 6.45) is 1.54. The largest absolute Gasteiger partial charge is 0.271 e. The van der Waals surface area contributed by atoms with Gasteiger partial charge in [0.05, 0.1) is 10.5 Å². The van der Waals surface area contributed by atoms with Gasteiger partial charge in [0.1, 0.15) is 11.6 Å². The number of nitrogens with one attached hydrogen (secondary N) is 1. The maximum absolute atomic E-state index is 14.1. The molecule has 2 nitrogen and oxygen atoms in total. The van der Waals surface area contributed by atoms with Crippen LogP contribution in [0.4, 0.5) is 8.78 Å². The Hall–Kier alpha value is -0.520. The van der Waals surface area contributed by atoms with Crippen LogP contribution in [-0.4, -0.2) is 0 Å². The van der Waals surface area contributed by atoms with E-state index >= 15 is 0 Å². The van der Waals surface area contributed by atoms with E-state index in [1.54, 1.807) is 0 Å². The number of rotatable bonds is 5. The monoisotopic (exact) mass is 348 g/mol. The van der Waals surface area contributed by atoms with E-state index in [4.69, 9.17) is 5.84 Å². The molecule has 0 fully saturated rings. The molecule has 0 bridgehead atoms. The third-order valence-electron chi connectivity index (χ3n) is 3.23. The summed E-state index contributed by atoms with van der Waals surface area (Å²) >= 11 is 3.08. The van der Waals surface area contributed by atoms with Gasteiger partial charge in [-0.05, 0) is 52.2 Å². The Kier molecular flexibility index (Phi) is 6.10. The molecule has 3 N–H and O–H groups in total. The number of hydrazine groups is 1. The van der Waals surface area contributed by atoms with Crippen molar-refractivity contribution in [3.63, 3.8) is 0 Å². The zero-order valence-electron chi connectivity index (χ0n) is 12.4. The zero-order chi connectivity index (χ0) is 15.5. The average Bonchev–Trinajstić information content (AvgIpc) is 2.30. The zero-order valence-corrected chi connectivity index (χ0v) is 14.0. The van der Waals surface area contributed by atoms with Crippen LogP contribution in [0.15, 0.2) is 16.6 Å². The number of hydrogen-bond donors (Lipinski definition) is 2. The fourth-order valence-electron chi connectivity index (χ4n) is 2.66. The van der Waals surface area contributed by atoms with Crippen LogP contribution < -0.4 is 11.3 Å². The van der Waals surface area contributed by atoms with E-state index in [0.29, 0.717) is 12.3 Å². The molecule has 114 valence electrons. The second-order valence-electron chi connectivity index (χ2n) is 6.58. The van der Waals surface area contributed by atoms with Gasteiger partial charge < -0.3 is 0 Å². The van der Waals surface area contributed by atoms with Crippen molar-refractivity contribution in [1.29, 1.82) is 0 Å². The van der Waals surface area contributed by atoms with Crippen molar-refractivity contribution < 1.29 is 8.78 Å². The summed E-state index contributed by atoms with van der Waals surface area (Å²) in [6.45, 7) is 8.52. The summed E-state index contributed by atoms with van der Waals surface area (Å²) in [5, 5.41) is 0. The van der Waals surface area contributed by atoms with E-state index in [0.717, 1.165) is 6.42 Å². The van der Waals surface area contributed by atoms with Crippen molar-refractivity contribution >= 4 is 15.9 Å². The standard InChI is InChI=1S/C15H23BrF2N2/c1-9(8-15(2,3)4)7-12(20-19)13-11(17)6-5-10(16)14(13)18/h5-6,9,12,20H,7-8,19H2,1-4H3. The van der Waals surface area contributed by atoms with Crippen molar-refractivity contribution in [3.8, 4) is 0 Å². The first-order chi connectivity index (χ1) is 9.15. The summed E-state index contributed by atoms with van der Waals surface area (Å²) in [5.41, 5.74) is 2.72. The van der Waals surface area contributed by atoms with Gasteiger partial charge in [-0.15, -0.1) is 0 Å². The molecule has 0 aliphatic carbocycles. The van der Waals surface area contributed by atoms with E-state index in [1.807, 2.05) is 0 Å². The first-order valence-corrected chi connectivity index (χ1v) is 7.54. The minimum Gasteiger partial charge on any atom is -0.271 e. The Bertz CT molecular complexity index is 458. The van der Waals surface area contributed by atoms with Crippen molar-refractivity contribution in [2.75, 3.05) is 0 Å². The average molecular weight is 349 g/mol. The third-order valence-corrected chi connectivity index (χ3v) is 3.84. The smallest absolute Gasteiger partial charge is 0.145 e. The summed E-state index contributed by atoms with van der Waals surface area (Å²) in [7, 11) is 0. The molecule has 0 saturated carbocycles. The minimum absolute atomic E-state index is 0.00244. The number of hydrogen-bond acceptors (Lipinski definition) is 2. The van der Waals surface area contributed by atoms with Gasteiger partial charge in [0, 0.05) is 5.56 Å². The quantitative estimate of drug-likeness (QED) is 0.460. The summed E-state index contributed by atoms with van der Waals surface area (Å²) in [6, 6.07) is 2.08. The van der Waals surface area contributed by atoms with Crippen LogP contribution in [0, 0.1) is 23.0 Å². The van der Waals surface area contributed by atoms with E-state index in [2.05, 4.69) is 49.1 Å². The first kappa shape index (κ1) is 17.5. The Morgan fingerprint density at radius 1 is 1.30 bits per heavy atom. The molecule has 0 saturated heterocycles. The lowest BCUT2D eigenvalue weighted by Crippen LogP contribution is -2.31. The van der Waals surface area contributed by atoms with Crippen LogP contribution in [0.2, 0.25) is 0 Å². The van der Waals surface area contributed by atoms with Crippen LogP contribution in [-0.2, 0) is 0 Å². The maximum atomic E-state index is 14.1. The van der Waals surface area contributed by atoms with E-state index in [-0.39, 0.29) is 15.5 Å². The molecule has 1 aromatic rings. The molecule has 2 unspecified atom stereocenters. The molecule has 20 heavy (non-hydrogen) atoms. The van der Waals surface area contributed by atoms with E-state index < -0.39 is 17.7 Å². The van der Waals surface area contributed by atoms with Gasteiger partial charge in [-0.1, -0.05) is 27.7 Å². The minimum atomic E-state index is -0.587. The van der Waals surface area contributed by atoms with Crippen molar-refractivity contribution in [3.05, 3.63) is 33.8 Å². The predicted octanol–water partition coefficient (Wildman–Crippen LogP) is 4.69. The highest BCUT2D eigenvalue weighted by Gasteiger charge is 2.25. The molecule has 1 aromatic carbocycles. The predicted molar refractivity (Wildman–Crippen MR) is 82.0 cm³/mol. The van der Waals surface area contributed by atoms with Gasteiger partial charge in [-0.25, -0.2) is 8.78 Å². The SMILES string of the molecule is CC(CC(NN)c1c(F)ccc(Br)c1F)CC(C)(C)C. The van der Waals surface area contributed by atoms with Crippen molar-refractivity contribution in [2.24, 2.45) is 17.2 Å². The molecule has 0 amide bonds. The molecular weight excluding hydrogens is 326 g/mol. The highest BCUT2D eigenvalue weighted by molar-refractivity contribution is 9.10. The third kappa shape index (κ3) is 4.79. The van der Waals surface area contributed by atoms with E-state index in [1.165, 1.54) is 12.1 Å². The van der Waals surface area contributed by atoms with Crippen LogP contribution in [0.1, 0.15) is 52.1 Å². The fourth-order valence-corrected chi connectivity index (χ4v) is 3.01. The van der Waals surface area contributed by atoms with Crippen LogP contribution >= 0.6 is 15.9 Å². The molecule has 0 heterocycles. The van der Waals surface area contributed by atoms with Crippen LogP contribution in [0.3, 0.4) is 0 Å². The molecule has 0 aromatic heterocycles. The molecule has 0 spiro atoms. The van der Waals surface area contributed by atoms with Crippen LogP contribution in [0.25, 0.3) is 0 Å². The van der Waals surface area contributed by atoms with Gasteiger partial charge in [0.2, 0.25) is 0 Å². The van der Waals surface area contributed by atoms with Crippen LogP contribution in [0.5, 0.6) is 0 Å². The summed E-state index contributed by atoms with van der Waals surface area (Å²) < 4.78 is 28.3. The first-order valence-electron chi connectivity index (χ1n) is 6.75. The molecular formula is C15H23BrF2N2. The van der Waals surface area contributed by atoms with Gasteiger partial charge in [0.25, 0.3) is 0 Å². The number of benzene rings is 1. The molecule has 5 heteroatoms. The molecule has 0 radical (unpaired) electrons. The maximum Gasteiger partial charge on any atom is 0.145 e. The van der Waals surface area contributed by atoms with Crippen molar-refractivity contribution in [1.82, 2.24) is 5.43 Å². The highest BCUT2D eigenvalue weighted by atomic mass is 79.9. The Balaban J connectivity index is 2.95. The normalized spacial score (nSPS) is 15.2. The topological polar surface area (TPSA) is 38.0 Å². The second kappa shape index (κ2) is 6.96. The van der Waals surface area contributed by atoms with E-state index in [9.17, 15) is 8.78 Å². The molecule has 0 aliphatic rings. The van der Waals surface area contributed by atoms with Gasteiger partial charge in [0.15, 0.2) is 0 Å². The fraction of sp³-hybridized carbons (Fsp3) is 0.600. The lowest BCUT2D eigenvalue weighted by molar-refractivity contribution is 0.272. The molecule has 2 atom stereocenters.